The third-order valence-electron chi connectivity index (χ3n) is 4.66. The molecule has 0 spiro atoms. The highest BCUT2D eigenvalue weighted by Gasteiger charge is 2.29. The molecule has 1 N–H and O–H groups in total. The van der Waals surface area contributed by atoms with Crippen molar-refractivity contribution in [2.24, 2.45) is 5.92 Å². The van der Waals surface area contributed by atoms with Crippen LogP contribution in [0, 0.1) is 5.92 Å². The zero-order valence-electron chi connectivity index (χ0n) is 16.3. The number of amides is 2. The van der Waals surface area contributed by atoms with Crippen molar-refractivity contribution in [2.45, 2.75) is 38.5 Å². The summed E-state index contributed by atoms with van der Waals surface area (Å²) in [6.45, 7) is 7.59. The van der Waals surface area contributed by atoms with Crippen LogP contribution in [-0.2, 0) is 14.8 Å². The van der Waals surface area contributed by atoms with E-state index in [1.807, 2.05) is 0 Å². The molecular formula is C19H29N3O4S. The second-order valence-corrected chi connectivity index (χ2v) is 9.17. The fourth-order valence-electron chi connectivity index (χ4n) is 3.00. The number of piperazine rings is 1. The molecule has 0 aromatic heterocycles. The first-order valence-electron chi connectivity index (χ1n) is 9.35. The number of carbonyl (C=O) groups is 2. The van der Waals surface area contributed by atoms with Crippen molar-refractivity contribution < 1.29 is 18.0 Å². The molecule has 1 aliphatic heterocycles. The van der Waals surface area contributed by atoms with Crippen molar-refractivity contribution in [1.82, 2.24) is 14.5 Å². The van der Waals surface area contributed by atoms with Crippen LogP contribution in [0.2, 0.25) is 0 Å². The molecule has 1 saturated heterocycles. The van der Waals surface area contributed by atoms with E-state index in [0.717, 1.165) is 12.8 Å². The Morgan fingerprint density at radius 1 is 1.15 bits per heavy atom. The molecule has 27 heavy (non-hydrogen) atoms. The molecule has 1 heterocycles. The van der Waals surface area contributed by atoms with Crippen molar-refractivity contribution in [2.75, 3.05) is 32.7 Å². The molecule has 1 aromatic rings. The van der Waals surface area contributed by atoms with E-state index in [9.17, 15) is 18.0 Å². The first-order valence-corrected chi connectivity index (χ1v) is 10.8. The normalized spacial score (nSPS) is 15.8. The third kappa shape index (κ3) is 5.77. The average Bonchev–Trinajstić information content (AvgIpc) is 2.65. The second kappa shape index (κ2) is 9.32. The lowest BCUT2D eigenvalue weighted by Gasteiger charge is -2.33. The molecule has 7 nitrogen and oxygen atoms in total. The van der Waals surface area contributed by atoms with Gasteiger partial charge in [-0.05, 0) is 37.0 Å². The molecular weight excluding hydrogens is 366 g/mol. The quantitative estimate of drug-likeness (QED) is 0.712. The first kappa shape index (κ1) is 21.4. The summed E-state index contributed by atoms with van der Waals surface area (Å²) in [7, 11) is -3.69. The number of rotatable bonds is 7. The van der Waals surface area contributed by atoms with Gasteiger partial charge in [0.25, 0.3) is 5.91 Å². The molecule has 0 atom stereocenters. The van der Waals surface area contributed by atoms with Gasteiger partial charge in [-0.2, -0.15) is 4.31 Å². The van der Waals surface area contributed by atoms with E-state index in [0.29, 0.717) is 31.1 Å². The van der Waals surface area contributed by atoms with Crippen LogP contribution in [0.4, 0.5) is 0 Å². The number of hydrogen-bond acceptors (Lipinski definition) is 4. The Kier molecular flexibility index (Phi) is 7.38. The predicted molar refractivity (Wildman–Crippen MR) is 104 cm³/mol. The highest BCUT2D eigenvalue weighted by Crippen LogP contribution is 2.19. The highest BCUT2D eigenvalue weighted by molar-refractivity contribution is 7.89. The largest absolute Gasteiger partial charge is 0.352 e. The Hall–Kier alpha value is -1.93. The van der Waals surface area contributed by atoms with Gasteiger partial charge in [-0.3, -0.25) is 9.59 Å². The molecule has 150 valence electrons. The zero-order chi connectivity index (χ0) is 20.0. The summed E-state index contributed by atoms with van der Waals surface area (Å²) >= 11 is 0. The van der Waals surface area contributed by atoms with Gasteiger partial charge in [0.1, 0.15) is 0 Å². The van der Waals surface area contributed by atoms with E-state index in [1.165, 1.54) is 23.4 Å². The molecule has 0 aliphatic carbocycles. The van der Waals surface area contributed by atoms with Crippen LogP contribution in [0.25, 0.3) is 0 Å². The lowest BCUT2D eigenvalue weighted by atomic mass is 10.1. The summed E-state index contributed by atoms with van der Waals surface area (Å²) in [6.07, 6.45) is 1.92. The number of nitrogens with one attached hydrogen (secondary N) is 1. The molecule has 1 aromatic carbocycles. The number of nitrogens with zero attached hydrogens (tertiary/aromatic N) is 2. The van der Waals surface area contributed by atoms with Gasteiger partial charge >= 0.3 is 0 Å². The fraction of sp³-hybridized carbons (Fsp3) is 0.579. The van der Waals surface area contributed by atoms with Crippen molar-refractivity contribution >= 4 is 21.8 Å². The molecule has 8 heteroatoms. The Morgan fingerprint density at radius 3 is 2.41 bits per heavy atom. The molecule has 0 saturated carbocycles. The monoisotopic (exact) mass is 395 g/mol. The van der Waals surface area contributed by atoms with Crippen LogP contribution >= 0.6 is 0 Å². The minimum Gasteiger partial charge on any atom is -0.352 e. The molecule has 2 rings (SSSR count). The molecule has 0 radical (unpaired) electrons. The summed E-state index contributed by atoms with van der Waals surface area (Å²) in [5.74, 6) is 0.263. The molecule has 0 bridgehead atoms. The summed E-state index contributed by atoms with van der Waals surface area (Å²) < 4.78 is 27.1. The van der Waals surface area contributed by atoms with Crippen molar-refractivity contribution in [1.29, 1.82) is 0 Å². The number of sulfonamides is 1. The summed E-state index contributed by atoms with van der Waals surface area (Å²) in [5.41, 5.74) is 0.336. The van der Waals surface area contributed by atoms with Crippen molar-refractivity contribution in [3.63, 3.8) is 0 Å². The maximum absolute atomic E-state index is 12.9. The van der Waals surface area contributed by atoms with Crippen LogP contribution in [-0.4, -0.2) is 62.2 Å². The van der Waals surface area contributed by atoms with Gasteiger partial charge in [0, 0.05) is 45.2 Å². The van der Waals surface area contributed by atoms with E-state index in [1.54, 1.807) is 17.0 Å². The van der Waals surface area contributed by atoms with Crippen LogP contribution in [0.1, 0.15) is 44.0 Å². The van der Waals surface area contributed by atoms with E-state index in [-0.39, 0.29) is 29.8 Å². The van der Waals surface area contributed by atoms with Gasteiger partial charge in [0.2, 0.25) is 15.9 Å². The van der Waals surface area contributed by atoms with Gasteiger partial charge < -0.3 is 10.2 Å². The molecule has 1 fully saturated rings. The van der Waals surface area contributed by atoms with E-state index in [2.05, 4.69) is 19.2 Å². The summed E-state index contributed by atoms with van der Waals surface area (Å²) in [4.78, 5) is 25.4. The van der Waals surface area contributed by atoms with Gasteiger partial charge in [0.05, 0.1) is 4.90 Å². The van der Waals surface area contributed by atoms with Crippen LogP contribution in [0.15, 0.2) is 29.2 Å². The molecule has 1 aliphatic rings. The van der Waals surface area contributed by atoms with Gasteiger partial charge in [-0.1, -0.05) is 19.9 Å². The maximum atomic E-state index is 12.9. The van der Waals surface area contributed by atoms with Gasteiger partial charge in [-0.25, -0.2) is 8.42 Å². The smallest absolute Gasteiger partial charge is 0.251 e. The Balaban J connectivity index is 2.03. The second-order valence-electron chi connectivity index (χ2n) is 7.23. The topological polar surface area (TPSA) is 86.8 Å². The van der Waals surface area contributed by atoms with Crippen molar-refractivity contribution in [3.8, 4) is 0 Å². The van der Waals surface area contributed by atoms with Crippen molar-refractivity contribution in [3.05, 3.63) is 29.8 Å². The maximum Gasteiger partial charge on any atom is 0.251 e. The summed E-state index contributed by atoms with van der Waals surface area (Å²) in [5, 5.41) is 2.84. The Morgan fingerprint density at radius 2 is 1.81 bits per heavy atom. The predicted octanol–water partition coefficient (Wildman–Crippen LogP) is 1.71. The third-order valence-corrected chi connectivity index (χ3v) is 6.56. The van der Waals surface area contributed by atoms with E-state index in [4.69, 9.17) is 0 Å². The van der Waals surface area contributed by atoms with E-state index >= 15 is 0 Å². The lowest BCUT2D eigenvalue weighted by molar-refractivity contribution is -0.129. The lowest BCUT2D eigenvalue weighted by Crippen LogP contribution is -2.49. The van der Waals surface area contributed by atoms with Crippen LogP contribution in [0.3, 0.4) is 0 Å². The Labute approximate surface area is 161 Å². The zero-order valence-corrected chi connectivity index (χ0v) is 17.1. The van der Waals surface area contributed by atoms with Crippen LogP contribution < -0.4 is 5.32 Å². The fourth-order valence-corrected chi connectivity index (χ4v) is 4.47. The number of hydrogen-bond donors (Lipinski definition) is 1. The SMILES string of the molecule is CC(=O)N1CCN(S(=O)(=O)c2cccc(C(=O)NCCCC(C)C)c2)CC1. The highest BCUT2D eigenvalue weighted by atomic mass is 32.2. The number of benzene rings is 1. The number of carbonyl (C=O) groups excluding carboxylic acids is 2. The molecule has 2 amide bonds. The van der Waals surface area contributed by atoms with Gasteiger partial charge in [0.15, 0.2) is 0 Å². The average molecular weight is 396 g/mol. The molecule has 0 unspecified atom stereocenters. The van der Waals surface area contributed by atoms with Gasteiger partial charge in [-0.15, -0.1) is 0 Å². The minimum atomic E-state index is -3.69. The van der Waals surface area contributed by atoms with Crippen LogP contribution in [0.5, 0.6) is 0 Å². The standard InChI is InChI=1S/C19H29N3O4S/c1-15(2)6-5-9-20-19(24)17-7-4-8-18(14-17)27(25,26)22-12-10-21(11-13-22)16(3)23/h4,7-8,14-15H,5-6,9-13H2,1-3H3,(H,20,24). The summed E-state index contributed by atoms with van der Waals surface area (Å²) in [6, 6.07) is 6.12. The minimum absolute atomic E-state index is 0.0526. The first-order chi connectivity index (χ1) is 12.7. The van der Waals surface area contributed by atoms with E-state index < -0.39 is 10.0 Å². The Bertz CT molecular complexity index is 769.